The Balaban J connectivity index is 0.00000225. The highest BCUT2D eigenvalue weighted by molar-refractivity contribution is 5.85. The standard InChI is InChI=1S/C20H24FN5O.ClH/c1-27-19-13-22-14-24-20(19)26-9-7-25(8-10-26)6-2-3-15-12-23-18-5-4-16(21)11-17(15)18;/h4-5,11-14,23H,2-3,6-10H2,1H3;1H. The number of anilines is 1. The largest absolute Gasteiger partial charge is 0.491 e. The minimum absolute atomic E-state index is 0. The maximum Gasteiger partial charge on any atom is 0.179 e. The first-order valence-corrected chi connectivity index (χ1v) is 9.31. The van der Waals surface area contributed by atoms with Crippen LogP contribution in [0.4, 0.5) is 10.2 Å². The minimum atomic E-state index is -0.181. The molecule has 1 fully saturated rings. The van der Waals surface area contributed by atoms with Gasteiger partial charge in [0.05, 0.1) is 13.3 Å². The minimum Gasteiger partial charge on any atom is -0.491 e. The number of H-pyrrole nitrogens is 1. The quantitative estimate of drug-likeness (QED) is 0.682. The zero-order valence-electron chi connectivity index (χ0n) is 15.9. The highest BCUT2D eigenvalue weighted by atomic mass is 35.5. The molecule has 1 aliphatic rings. The lowest BCUT2D eigenvalue weighted by Gasteiger charge is -2.35. The van der Waals surface area contributed by atoms with Crippen molar-refractivity contribution in [1.29, 1.82) is 0 Å². The van der Waals surface area contributed by atoms with Gasteiger partial charge < -0.3 is 14.6 Å². The number of aromatic nitrogens is 3. The fourth-order valence-electron chi connectivity index (χ4n) is 3.73. The molecule has 3 heterocycles. The van der Waals surface area contributed by atoms with Crippen LogP contribution in [-0.2, 0) is 6.42 Å². The monoisotopic (exact) mass is 405 g/mol. The number of fused-ring (bicyclic) bond motifs is 1. The van der Waals surface area contributed by atoms with Crippen molar-refractivity contribution < 1.29 is 9.13 Å². The molecule has 1 aromatic carbocycles. The highest BCUT2D eigenvalue weighted by Crippen LogP contribution is 2.25. The normalized spacial score (nSPS) is 14.9. The molecule has 1 N–H and O–H groups in total. The highest BCUT2D eigenvalue weighted by Gasteiger charge is 2.20. The molecule has 3 aromatic rings. The average molecular weight is 406 g/mol. The lowest BCUT2D eigenvalue weighted by Crippen LogP contribution is -2.47. The molecule has 0 spiro atoms. The van der Waals surface area contributed by atoms with Gasteiger partial charge in [-0.25, -0.2) is 14.4 Å². The van der Waals surface area contributed by atoms with Gasteiger partial charge in [0.2, 0.25) is 0 Å². The molecule has 0 aliphatic carbocycles. The molecule has 2 aromatic heterocycles. The fraction of sp³-hybridized carbons (Fsp3) is 0.400. The fourth-order valence-corrected chi connectivity index (χ4v) is 3.73. The van der Waals surface area contributed by atoms with Gasteiger partial charge in [-0.05, 0) is 43.1 Å². The number of hydrogen-bond donors (Lipinski definition) is 1. The van der Waals surface area contributed by atoms with E-state index in [4.69, 9.17) is 4.74 Å². The van der Waals surface area contributed by atoms with Crippen LogP contribution in [0.5, 0.6) is 5.75 Å². The van der Waals surface area contributed by atoms with Gasteiger partial charge in [0.1, 0.15) is 12.1 Å². The summed E-state index contributed by atoms with van der Waals surface area (Å²) < 4.78 is 18.9. The second kappa shape index (κ2) is 9.21. The van der Waals surface area contributed by atoms with Crippen LogP contribution >= 0.6 is 12.4 Å². The summed E-state index contributed by atoms with van der Waals surface area (Å²) in [5.41, 5.74) is 2.19. The van der Waals surface area contributed by atoms with Crippen LogP contribution in [0.25, 0.3) is 10.9 Å². The van der Waals surface area contributed by atoms with E-state index in [1.807, 2.05) is 6.20 Å². The summed E-state index contributed by atoms with van der Waals surface area (Å²) in [5, 5.41) is 0.996. The number of aryl methyl sites for hydroxylation is 1. The van der Waals surface area contributed by atoms with Crippen LogP contribution in [0.3, 0.4) is 0 Å². The molecule has 4 rings (SSSR count). The summed E-state index contributed by atoms with van der Waals surface area (Å²) in [7, 11) is 1.65. The molecule has 150 valence electrons. The van der Waals surface area contributed by atoms with Gasteiger partial charge in [0.25, 0.3) is 0 Å². The zero-order valence-corrected chi connectivity index (χ0v) is 16.7. The molecule has 1 aliphatic heterocycles. The molecule has 0 radical (unpaired) electrons. The lowest BCUT2D eigenvalue weighted by atomic mass is 10.1. The summed E-state index contributed by atoms with van der Waals surface area (Å²) >= 11 is 0. The summed E-state index contributed by atoms with van der Waals surface area (Å²) in [6, 6.07) is 4.92. The van der Waals surface area contributed by atoms with Crippen molar-refractivity contribution in [3.63, 3.8) is 0 Å². The van der Waals surface area contributed by atoms with Crippen molar-refractivity contribution in [3.05, 3.63) is 48.3 Å². The number of nitrogens with one attached hydrogen (secondary N) is 1. The predicted octanol–water partition coefficient (Wildman–Crippen LogP) is 3.28. The van der Waals surface area contributed by atoms with E-state index < -0.39 is 0 Å². The van der Waals surface area contributed by atoms with Gasteiger partial charge in [0.15, 0.2) is 11.6 Å². The van der Waals surface area contributed by atoms with E-state index in [0.29, 0.717) is 0 Å². The molecule has 0 saturated carbocycles. The number of benzene rings is 1. The van der Waals surface area contributed by atoms with E-state index >= 15 is 0 Å². The number of hydrogen-bond acceptors (Lipinski definition) is 5. The summed E-state index contributed by atoms with van der Waals surface area (Å²) in [6.45, 7) is 4.87. The van der Waals surface area contributed by atoms with Crippen molar-refractivity contribution >= 4 is 29.1 Å². The van der Waals surface area contributed by atoms with E-state index in [0.717, 1.165) is 68.0 Å². The third kappa shape index (κ3) is 4.36. The van der Waals surface area contributed by atoms with Crippen LogP contribution in [0.2, 0.25) is 0 Å². The number of ether oxygens (including phenoxy) is 1. The Morgan fingerprint density at radius 3 is 2.82 bits per heavy atom. The van der Waals surface area contributed by atoms with Gasteiger partial charge >= 0.3 is 0 Å². The van der Waals surface area contributed by atoms with Crippen molar-refractivity contribution in [2.45, 2.75) is 12.8 Å². The zero-order chi connectivity index (χ0) is 18.6. The molecule has 0 unspecified atom stereocenters. The molecular weight excluding hydrogens is 381 g/mol. The predicted molar refractivity (Wildman–Crippen MR) is 111 cm³/mol. The van der Waals surface area contributed by atoms with Crippen molar-refractivity contribution in [2.75, 3.05) is 44.7 Å². The van der Waals surface area contributed by atoms with Gasteiger partial charge in [-0.15, -0.1) is 12.4 Å². The van der Waals surface area contributed by atoms with Crippen molar-refractivity contribution in [1.82, 2.24) is 19.9 Å². The van der Waals surface area contributed by atoms with Gasteiger partial charge in [-0.2, -0.15) is 0 Å². The Morgan fingerprint density at radius 1 is 1.21 bits per heavy atom. The Hall–Kier alpha value is -2.38. The third-order valence-corrected chi connectivity index (χ3v) is 5.20. The number of methoxy groups -OCH3 is 1. The maximum absolute atomic E-state index is 13.5. The molecular formula is C20H25ClFN5O. The van der Waals surface area contributed by atoms with Crippen LogP contribution in [-0.4, -0.2) is 59.7 Å². The number of piperazine rings is 1. The van der Waals surface area contributed by atoms with E-state index in [-0.39, 0.29) is 18.2 Å². The third-order valence-electron chi connectivity index (χ3n) is 5.20. The van der Waals surface area contributed by atoms with E-state index in [2.05, 4.69) is 24.8 Å². The SMILES string of the molecule is COc1cncnc1N1CCN(CCCc2c[nH]c3ccc(F)cc23)CC1.Cl. The molecule has 0 bridgehead atoms. The number of nitrogens with zero attached hydrogens (tertiary/aromatic N) is 4. The molecule has 28 heavy (non-hydrogen) atoms. The van der Waals surface area contributed by atoms with Crippen LogP contribution < -0.4 is 9.64 Å². The van der Waals surface area contributed by atoms with Crippen LogP contribution in [0, 0.1) is 5.82 Å². The van der Waals surface area contributed by atoms with Crippen molar-refractivity contribution in [3.8, 4) is 5.75 Å². The first kappa shape index (κ1) is 20.4. The molecule has 0 atom stereocenters. The molecule has 1 saturated heterocycles. The van der Waals surface area contributed by atoms with E-state index in [1.165, 1.54) is 11.6 Å². The molecule has 8 heteroatoms. The smallest absolute Gasteiger partial charge is 0.179 e. The van der Waals surface area contributed by atoms with Gasteiger partial charge in [-0.3, -0.25) is 4.90 Å². The summed E-state index contributed by atoms with van der Waals surface area (Å²) in [6.07, 6.45) is 7.28. The second-order valence-corrected chi connectivity index (χ2v) is 6.85. The van der Waals surface area contributed by atoms with Gasteiger partial charge in [-0.1, -0.05) is 0 Å². The first-order chi connectivity index (χ1) is 13.2. The molecule has 0 amide bonds. The number of halogens is 2. The second-order valence-electron chi connectivity index (χ2n) is 6.85. The Kier molecular flexibility index (Phi) is 6.70. The number of aromatic amines is 1. The Morgan fingerprint density at radius 2 is 2.04 bits per heavy atom. The van der Waals surface area contributed by atoms with Gasteiger partial charge in [0, 0.05) is 43.3 Å². The molecule has 6 nitrogen and oxygen atoms in total. The number of rotatable bonds is 6. The summed E-state index contributed by atoms with van der Waals surface area (Å²) in [4.78, 5) is 16.3. The van der Waals surface area contributed by atoms with Crippen LogP contribution in [0.1, 0.15) is 12.0 Å². The lowest BCUT2D eigenvalue weighted by molar-refractivity contribution is 0.253. The first-order valence-electron chi connectivity index (χ1n) is 9.31. The maximum atomic E-state index is 13.5. The van der Waals surface area contributed by atoms with E-state index in [9.17, 15) is 4.39 Å². The van der Waals surface area contributed by atoms with Crippen molar-refractivity contribution in [2.24, 2.45) is 0 Å². The Bertz CT molecular complexity index is 911. The van der Waals surface area contributed by atoms with E-state index in [1.54, 1.807) is 31.8 Å². The van der Waals surface area contributed by atoms with Crippen LogP contribution in [0.15, 0.2) is 36.9 Å². The average Bonchev–Trinajstić information content (AvgIpc) is 3.10. The Labute approximate surface area is 170 Å². The summed E-state index contributed by atoms with van der Waals surface area (Å²) in [5.74, 6) is 1.41. The topological polar surface area (TPSA) is 57.3 Å².